The molecule has 0 spiro atoms. The van der Waals surface area contributed by atoms with E-state index in [2.05, 4.69) is 15.8 Å². The molecule has 36 heavy (non-hydrogen) atoms. The van der Waals surface area contributed by atoms with Gasteiger partial charge in [-0.05, 0) is 37.2 Å². The number of benzene rings is 2. The lowest BCUT2D eigenvalue weighted by atomic mass is 10.0. The van der Waals surface area contributed by atoms with E-state index in [0.29, 0.717) is 38.3 Å². The summed E-state index contributed by atoms with van der Waals surface area (Å²) in [6, 6.07) is 13.7. The van der Waals surface area contributed by atoms with Gasteiger partial charge in [0.05, 0.1) is 16.6 Å². The highest BCUT2D eigenvalue weighted by Crippen LogP contribution is 2.36. The molecule has 0 bridgehead atoms. The fraction of sp³-hybridized carbons (Fsp3) is 0.320. The number of carbonyl (C=O) groups is 2. The lowest BCUT2D eigenvalue weighted by molar-refractivity contribution is -0.121. The first-order valence-electron chi connectivity index (χ1n) is 11.2. The lowest BCUT2D eigenvalue weighted by Gasteiger charge is -2.31. The number of hydrogen-bond donors (Lipinski definition) is 2. The maximum absolute atomic E-state index is 13.0. The molecule has 11 heteroatoms. The van der Waals surface area contributed by atoms with Crippen molar-refractivity contribution in [3.05, 3.63) is 58.6 Å². The zero-order valence-corrected chi connectivity index (χ0v) is 22.9. The van der Waals surface area contributed by atoms with Crippen molar-refractivity contribution >= 4 is 63.9 Å². The number of aromatic nitrogens is 1. The van der Waals surface area contributed by atoms with Crippen molar-refractivity contribution in [1.82, 2.24) is 15.8 Å². The Morgan fingerprint density at radius 1 is 1.06 bits per heavy atom. The second-order valence-corrected chi connectivity index (χ2v) is 10.3. The molecule has 0 aliphatic rings. The quantitative estimate of drug-likeness (QED) is 0.300. The maximum atomic E-state index is 13.0. The molecule has 192 valence electrons. The van der Waals surface area contributed by atoms with Crippen LogP contribution < -0.4 is 15.5 Å². The summed E-state index contributed by atoms with van der Waals surface area (Å²) in [5.41, 5.74) is 2.24. The van der Waals surface area contributed by atoms with E-state index in [1.54, 1.807) is 49.5 Å². The van der Waals surface area contributed by atoms with Crippen molar-refractivity contribution in [2.24, 2.45) is 5.92 Å². The molecule has 7 nitrogen and oxygen atoms in total. The van der Waals surface area contributed by atoms with Crippen LogP contribution in [0.2, 0.25) is 10.0 Å². The monoisotopic (exact) mass is 570 g/mol. The van der Waals surface area contributed by atoms with Crippen molar-refractivity contribution in [1.29, 1.82) is 0 Å². The minimum absolute atomic E-state index is 0.0330. The Bertz CT molecular complexity index is 1200. The smallest absolute Gasteiger partial charge is 0.260 e. The van der Waals surface area contributed by atoms with Crippen LogP contribution in [0.1, 0.15) is 13.8 Å². The van der Waals surface area contributed by atoms with Crippen LogP contribution in [0, 0.1) is 5.92 Å². The Morgan fingerprint density at radius 2 is 1.72 bits per heavy atom. The van der Waals surface area contributed by atoms with Gasteiger partial charge in [-0.2, -0.15) is 0 Å². The summed E-state index contributed by atoms with van der Waals surface area (Å²) in [6.07, 6.45) is 0. The predicted molar refractivity (Wildman–Crippen MR) is 146 cm³/mol. The van der Waals surface area contributed by atoms with Crippen LogP contribution in [0.3, 0.4) is 0 Å². The zero-order valence-electron chi connectivity index (χ0n) is 19.9. The first-order valence-corrected chi connectivity index (χ1v) is 12.8. The third-order valence-corrected chi connectivity index (χ3v) is 6.50. The van der Waals surface area contributed by atoms with Crippen LogP contribution in [0.5, 0.6) is 0 Å². The molecule has 0 radical (unpaired) electrons. The van der Waals surface area contributed by atoms with Crippen molar-refractivity contribution in [3.63, 3.8) is 0 Å². The molecule has 0 fully saturated rings. The van der Waals surface area contributed by atoms with E-state index < -0.39 is 10.7 Å². The minimum atomic E-state index is -1.28. The van der Waals surface area contributed by atoms with Crippen molar-refractivity contribution < 1.29 is 14.1 Å². The highest BCUT2D eigenvalue weighted by atomic mass is 35.5. The Morgan fingerprint density at radius 3 is 2.33 bits per heavy atom. The number of anilines is 1. The molecule has 2 aromatic carbocycles. The highest BCUT2D eigenvalue weighted by Gasteiger charge is 2.28. The number of nitrogens with zero attached hydrogens (tertiary/aromatic N) is 2. The summed E-state index contributed by atoms with van der Waals surface area (Å²) >= 11 is 24.6. The second kappa shape index (κ2) is 12.8. The largest absolute Gasteiger partial charge is 0.356 e. The normalized spacial score (nSPS) is 12.1. The predicted octanol–water partition coefficient (Wildman–Crippen LogP) is 5.81. The van der Waals surface area contributed by atoms with E-state index in [4.69, 9.17) is 50.9 Å². The van der Waals surface area contributed by atoms with Gasteiger partial charge in [0.1, 0.15) is 5.69 Å². The second-order valence-electron chi connectivity index (χ2n) is 8.42. The zero-order chi connectivity index (χ0) is 26.4. The molecule has 1 heterocycles. The van der Waals surface area contributed by atoms with E-state index in [9.17, 15) is 9.59 Å². The average molecular weight is 572 g/mol. The SMILES string of the molecule is CNCC(=O)NC(CN(C(=O)C(Cl)Cl)c1cccc(-c2cc(-c3c(Cl)cccc3Cl)no2)c1)C(C)C. The van der Waals surface area contributed by atoms with Crippen molar-refractivity contribution in [2.75, 3.05) is 25.0 Å². The summed E-state index contributed by atoms with van der Waals surface area (Å²) in [4.78, 5) is 25.4. The third-order valence-electron chi connectivity index (χ3n) is 5.49. The number of amides is 2. The molecular weight excluding hydrogens is 546 g/mol. The summed E-state index contributed by atoms with van der Waals surface area (Å²) in [6.45, 7) is 4.24. The summed E-state index contributed by atoms with van der Waals surface area (Å²) in [5, 5.41) is 10.8. The van der Waals surface area contributed by atoms with Gasteiger partial charge in [0.25, 0.3) is 5.91 Å². The van der Waals surface area contributed by atoms with Gasteiger partial charge in [-0.3, -0.25) is 9.59 Å². The van der Waals surface area contributed by atoms with Crippen LogP contribution in [0.15, 0.2) is 53.1 Å². The molecule has 3 rings (SSSR count). The molecule has 2 amide bonds. The molecule has 3 aromatic rings. The topological polar surface area (TPSA) is 87.5 Å². The van der Waals surface area contributed by atoms with Crippen LogP contribution in [-0.4, -0.2) is 48.0 Å². The van der Waals surface area contributed by atoms with Gasteiger partial charge < -0.3 is 20.1 Å². The third kappa shape index (κ3) is 6.93. The Balaban J connectivity index is 1.95. The lowest BCUT2D eigenvalue weighted by Crippen LogP contribution is -2.51. The first-order chi connectivity index (χ1) is 17.1. The van der Waals surface area contributed by atoms with E-state index in [0.717, 1.165) is 0 Å². The fourth-order valence-corrected chi connectivity index (χ4v) is 4.40. The molecule has 0 aliphatic heterocycles. The number of hydrogen-bond acceptors (Lipinski definition) is 5. The highest BCUT2D eigenvalue weighted by molar-refractivity contribution is 6.54. The number of halogens is 4. The van der Waals surface area contributed by atoms with Crippen molar-refractivity contribution in [3.8, 4) is 22.6 Å². The van der Waals surface area contributed by atoms with Crippen LogP contribution in [0.4, 0.5) is 5.69 Å². The molecule has 2 N–H and O–H groups in total. The van der Waals surface area contributed by atoms with Gasteiger partial charge in [-0.15, -0.1) is 0 Å². The van der Waals surface area contributed by atoms with E-state index in [1.807, 2.05) is 19.9 Å². The van der Waals surface area contributed by atoms with Gasteiger partial charge in [-0.25, -0.2) is 0 Å². The van der Waals surface area contributed by atoms with E-state index in [1.165, 1.54) is 4.90 Å². The Labute approximate surface area is 230 Å². The van der Waals surface area contributed by atoms with Crippen LogP contribution in [0.25, 0.3) is 22.6 Å². The van der Waals surface area contributed by atoms with Crippen LogP contribution >= 0.6 is 46.4 Å². The number of alkyl halides is 2. The van der Waals surface area contributed by atoms with Gasteiger partial charge in [0.15, 0.2) is 10.6 Å². The van der Waals surface area contributed by atoms with Gasteiger partial charge in [0.2, 0.25) is 5.91 Å². The van der Waals surface area contributed by atoms with Crippen LogP contribution in [-0.2, 0) is 9.59 Å². The summed E-state index contributed by atoms with van der Waals surface area (Å²) < 4.78 is 5.57. The Hall–Kier alpha value is -2.29. The van der Waals surface area contributed by atoms with E-state index >= 15 is 0 Å². The summed E-state index contributed by atoms with van der Waals surface area (Å²) in [7, 11) is 1.69. The molecular formula is C25H26Cl4N4O3. The molecule has 0 saturated heterocycles. The Kier molecular flexibility index (Phi) is 10.0. The average Bonchev–Trinajstić information content (AvgIpc) is 3.31. The van der Waals surface area contributed by atoms with Crippen molar-refractivity contribution in [2.45, 2.75) is 24.7 Å². The van der Waals surface area contributed by atoms with Gasteiger partial charge >= 0.3 is 0 Å². The molecule has 0 aliphatic carbocycles. The summed E-state index contributed by atoms with van der Waals surface area (Å²) in [5.74, 6) is -0.208. The first kappa shape index (κ1) is 28.3. The van der Waals surface area contributed by atoms with Gasteiger partial charge in [-0.1, -0.05) is 83.6 Å². The maximum Gasteiger partial charge on any atom is 0.260 e. The molecule has 1 unspecified atom stereocenters. The fourth-order valence-electron chi connectivity index (χ4n) is 3.58. The van der Waals surface area contributed by atoms with E-state index in [-0.39, 0.29) is 31.0 Å². The molecule has 1 aromatic heterocycles. The molecule has 0 saturated carbocycles. The number of nitrogens with one attached hydrogen (secondary N) is 2. The number of carbonyl (C=O) groups excluding carboxylic acids is 2. The van der Waals surface area contributed by atoms with Gasteiger partial charge in [0, 0.05) is 35.5 Å². The standard InChI is InChI=1S/C25H26Cl4N4O3/c1-14(2)20(31-22(34)12-30-3)13-33(25(35)24(28)29)16-7-4-6-15(10-16)21-11-19(32-36-21)23-17(26)8-5-9-18(23)27/h4-11,14,20,24,30H,12-13H2,1-3H3,(H,31,34). The number of likely N-dealkylation sites (N-methyl/N-ethyl adjacent to an activating group) is 1. The minimum Gasteiger partial charge on any atom is -0.356 e. The molecule has 1 atom stereocenters. The number of rotatable bonds is 10.